The van der Waals surface area contributed by atoms with Crippen molar-refractivity contribution in [3.63, 3.8) is 0 Å². The van der Waals surface area contributed by atoms with Gasteiger partial charge in [-0.3, -0.25) is 14.4 Å². The average Bonchev–Trinajstić information content (AvgIpc) is 3.45. The van der Waals surface area contributed by atoms with Crippen molar-refractivity contribution >= 4 is 31.8 Å². The van der Waals surface area contributed by atoms with Crippen molar-refractivity contribution in [1.82, 2.24) is 5.32 Å². The second kappa shape index (κ2) is 17.9. The van der Waals surface area contributed by atoms with Crippen LogP contribution in [0.5, 0.6) is 5.75 Å². The van der Waals surface area contributed by atoms with E-state index in [1.807, 2.05) is 75.4 Å². The molecule has 3 saturated carbocycles. The fourth-order valence-electron chi connectivity index (χ4n) is 9.92. The van der Waals surface area contributed by atoms with E-state index in [1.165, 1.54) is 0 Å². The molecule has 6 rings (SSSR count). The van der Waals surface area contributed by atoms with Crippen LogP contribution in [0.1, 0.15) is 97.6 Å². The van der Waals surface area contributed by atoms with E-state index in [0.717, 1.165) is 48.1 Å². The SMILES string of the molecule is CCCCOP(OCC(=O)C1(OOc2ccc(Cc3cccc(NC(=O)CNC)c3)cc2)CCC2C3CCC4=CC(=O)C=CC4(C)C3C(O)CC21C)OC(C)(C)C. The van der Waals surface area contributed by atoms with Gasteiger partial charge in [0.15, 0.2) is 22.9 Å². The molecule has 310 valence electrons. The number of likely N-dealkylation sites (N-methyl/N-ethyl adjacent to an activating group) is 1. The molecule has 0 saturated heterocycles. The molecular formula is C45H61N2O9P. The van der Waals surface area contributed by atoms with Crippen molar-refractivity contribution in [2.45, 2.75) is 110 Å². The summed E-state index contributed by atoms with van der Waals surface area (Å²) in [7, 11) is -0.0932. The number of carbonyl (C=O) groups is 3. The van der Waals surface area contributed by atoms with E-state index < -0.39 is 36.7 Å². The summed E-state index contributed by atoms with van der Waals surface area (Å²) in [6.45, 7) is 12.5. The number of hydrogen-bond acceptors (Lipinski definition) is 10. The van der Waals surface area contributed by atoms with Crippen LogP contribution in [0.2, 0.25) is 0 Å². The van der Waals surface area contributed by atoms with Gasteiger partial charge in [0.1, 0.15) is 6.61 Å². The molecule has 0 radical (unpaired) electrons. The Hall–Kier alpha value is -3.28. The van der Waals surface area contributed by atoms with Crippen molar-refractivity contribution < 1.29 is 42.8 Å². The fourth-order valence-corrected chi connectivity index (χ4v) is 11.1. The number of ketones is 2. The third kappa shape index (κ3) is 9.46. The number of hydrogen-bond donors (Lipinski definition) is 3. The smallest absolute Gasteiger partial charge is 0.333 e. The Morgan fingerprint density at radius 2 is 1.81 bits per heavy atom. The number of fused-ring (bicyclic) bond motifs is 5. The molecule has 2 aromatic carbocycles. The molecule has 0 aromatic heterocycles. The molecule has 4 aliphatic carbocycles. The van der Waals surface area contributed by atoms with Crippen LogP contribution in [0.3, 0.4) is 0 Å². The Morgan fingerprint density at radius 3 is 2.53 bits per heavy atom. The first kappa shape index (κ1) is 43.3. The molecule has 0 aliphatic heterocycles. The van der Waals surface area contributed by atoms with Crippen LogP contribution in [0.4, 0.5) is 5.69 Å². The maximum atomic E-state index is 14.8. The van der Waals surface area contributed by atoms with Gasteiger partial charge in [0.25, 0.3) is 0 Å². The molecule has 2 aromatic rings. The monoisotopic (exact) mass is 804 g/mol. The van der Waals surface area contributed by atoms with Gasteiger partial charge in [-0.1, -0.05) is 63.1 Å². The van der Waals surface area contributed by atoms with Crippen LogP contribution in [-0.2, 0) is 39.3 Å². The summed E-state index contributed by atoms with van der Waals surface area (Å²) in [6, 6.07) is 15.3. The molecule has 8 unspecified atom stereocenters. The quantitative estimate of drug-likeness (QED) is 0.0620. The van der Waals surface area contributed by atoms with E-state index in [4.69, 9.17) is 23.3 Å². The van der Waals surface area contributed by atoms with E-state index in [-0.39, 0.29) is 48.4 Å². The predicted molar refractivity (Wildman–Crippen MR) is 220 cm³/mol. The minimum absolute atomic E-state index is 0.00541. The minimum Gasteiger partial charge on any atom is -0.393 e. The summed E-state index contributed by atoms with van der Waals surface area (Å²) in [5.74, 6) is 0.116. The van der Waals surface area contributed by atoms with Crippen molar-refractivity contribution in [2.24, 2.45) is 28.6 Å². The molecule has 1 amide bonds. The molecule has 0 spiro atoms. The first-order valence-electron chi connectivity index (χ1n) is 20.5. The van der Waals surface area contributed by atoms with E-state index >= 15 is 0 Å². The van der Waals surface area contributed by atoms with Gasteiger partial charge < -0.3 is 34.2 Å². The number of aliphatic hydroxyl groups excluding tert-OH is 1. The first-order valence-corrected chi connectivity index (χ1v) is 21.6. The summed E-state index contributed by atoms with van der Waals surface area (Å²) < 4.78 is 18.3. The molecule has 4 aliphatic rings. The molecule has 0 heterocycles. The molecule has 3 fully saturated rings. The van der Waals surface area contributed by atoms with Crippen LogP contribution in [-0.4, -0.2) is 66.7 Å². The van der Waals surface area contributed by atoms with Gasteiger partial charge in [0, 0.05) is 22.4 Å². The number of unbranched alkanes of at least 4 members (excludes halogenated alkanes) is 1. The summed E-state index contributed by atoms with van der Waals surface area (Å²) >= 11 is 0. The summed E-state index contributed by atoms with van der Waals surface area (Å²) in [4.78, 5) is 52.0. The van der Waals surface area contributed by atoms with E-state index in [1.54, 1.807) is 19.2 Å². The highest BCUT2D eigenvalue weighted by Crippen LogP contribution is 2.68. The number of Topliss-reactive ketones (excluding diaryl/α,β-unsaturated/α-hetero) is 1. The van der Waals surface area contributed by atoms with Crippen LogP contribution in [0.15, 0.2) is 72.3 Å². The number of benzene rings is 2. The molecule has 12 heteroatoms. The van der Waals surface area contributed by atoms with Crippen molar-refractivity contribution in [3.8, 4) is 5.75 Å². The molecule has 0 bridgehead atoms. The van der Waals surface area contributed by atoms with E-state index in [9.17, 15) is 19.5 Å². The molecule has 3 N–H and O–H groups in total. The summed E-state index contributed by atoms with van der Waals surface area (Å²) in [5, 5.41) is 17.9. The zero-order chi connectivity index (χ0) is 41.0. The van der Waals surface area contributed by atoms with Gasteiger partial charge >= 0.3 is 8.60 Å². The van der Waals surface area contributed by atoms with Gasteiger partial charge in [0.2, 0.25) is 5.91 Å². The molecule has 8 atom stereocenters. The lowest BCUT2D eigenvalue weighted by molar-refractivity contribution is -0.317. The second-order valence-electron chi connectivity index (χ2n) is 17.7. The Morgan fingerprint density at radius 1 is 1.04 bits per heavy atom. The highest BCUT2D eigenvalue weighted by Gasteiger charge is 2.70. The number of rotatable bonds is 17. The lowest BCUT2D eigenvalue weighted by Gasteiger charge is -2.59. The Balaban J connectivity index is 1.23. The highest BCUT2D eigenvalue weighted by molar-refractivity contribution is 7.41. The zero-order valence-electron chi connectivity index (χ0n) is 34.6. The van der Waals surface area contributed by atoms with Gasteiger partial charge in [-0.15, -0.1) is 0 Å². The highest BCUT2D eigenvalue weighted by atomic mass is 31.2. The van der Waals surface area contributed by atoms with Gasteiger partial charge in [-0.2, -0.15) is 4.89 Å². The topological polar surface area (TPSA) is 142 Å². The van der Waals surface area contributed by atoms with Crippen molar-refractivity contribution in [2.75, 3.05) is 32.1 Å². The van der Waals surface area contributed by atoms with E-state index in [2.05, 4.69) is 31.4 Å². The molecular weight excluding hydrogens is 743 g/mol. The van der Waals surface area contributed by atoms with E-state index in [0.29, 0.717) is 38.0 Å². The lowest BCUT2D eigenvalue weighted by atomic mass is 9.46. The number of amides is 1. The van der Waals surface area contributed by atoms with Crippen molar-refractivity contribution in [1.29, 1.82) is 0 Å². The number of anilines is 1. The fraction of sp³-hybridized carbons (Fsp3) is 0.578. The average molecular weight is 805 g/mol. The normalized spacial score (nSPS) is 29.8. The van der Waals surface area contributed by atoms with Gasteiger partial charge in [-0.05, 0) is 132 Å². The first-order chi connectivity index (χ1) is 27.1. The Kier molecular flexibility index (Phi) is 13.6. The van der Waals surface area contributed by atoms with Gasteiger partial charge in [-0.25, -0.2) is 0 Å². The third-order valence-electron chi connectivity index (χ3n) is 12.6. The lowest BCUT2D eigenvalue weighted by Crippen LogP contribution is -2.62. The minimum atomic E-state index is -1.82. The maximum Gasteiger partial charge on any atom is 0.333 e. The standard InChI is InChI=1S/C45H61N2O9P/c1-8-9-23-52-57(56-42(2,3)4)53-29-39(50)45(55-54-35-16-13-30(14-17-35)24-31-11-10-12-33(25-31)47-40(51)28-46-7)22-20-37-36-18-15-32-26-34(48)19-21-43(32,5)41(36)38(49)27-44(37,45)6/h10-14,16-17,19,21,25-26,36-38,41,46,49H,8-9,15,18,20,22-24,27-29H2,1-7H3,(H,47,51). The maximum absolute atomic E-state index is 14.8. The molecule has 57 heavy (non-hydrogen) atoms. The summed E-state index contributed by atoms with van der Waals surface area (Å²) in [5.41, 5.74) is 0.674. The molecule has 11 nitrogen and oxygen atoms in total. The predicted octanol–water partition coefficient (Wildman–Crippen LogP) is 8.21. The summed E-state index contributed by atoms with van der Waals surface area (Å²) in [6.07, 6.45) is 10.1. The number of aliphatic hydroxyl groups is 1. The van der Waals surface area contributed by atoms with Crippen LogP contribution in [0.25, 0.3) is 0 Å². The number of allylic oxidation sites excluding steroid dienone is 4. The van der Waals surface area contributed by atoms with Gasteiger partial charge in [0.05, 0.1) is 24.9 Å². The zero-order valence-corrected chi connectivity index (χ0v) is 35.5. The number of carbonyl (C=O) groups excluding carboxylic acids is 3. The Bertz CT molecular complexity index is 1830. The van der Waals surface area contributed by atoms with Crippen LogP contribution >= 0.6 is 8.60 Å². The third-order valence-corrected chi connectivity index (χ3v) is 14.0. The van der Waals surface area contributed by atoms with Crippen LogP contribution < -0.4 is 15.5 Å². The number of nitrogens with one attached hydrogen (secondary N) is 2. The largest absolute Gasteiger partial charge is 0.393 e. The van der Waals surface area contributed by atoms with Crippen LogP contribution in [0, 0.1) is 28.6 Å². The Labute approximate surface area is 339 Å². The second-order valence-corrected chi connectivity index (χ2v) is 18.8. The van der Waals surface area contributed by atoms with Crippen molar-refractivity contribution in [3.05, 3.63) is 83.5 Å².